The molecule has 1 atom stereocenters. The molecule has 0 aromatic heterocycles. The third-order valence-corrected chi connectivity index (χ3v) is 1.28. The largest absolute Gasteiger partial charge is 0.454 e. The molecule has 1 radical (unpaired) electrons. The molecular formula is C5H4F5O2. The van der Waals surface area contributed by atoms with E-state index in [1.54, 1.807) is 0 Å². The van der Waals surface area contributed by atoms with Gasteiger partial charge in [-0.3, -0.25) is 0 Å². The van der Waals surface area contributed by atoms with Gasteiger partial charge in [-0.1, -0.05) is 0 Å². The monoisotopic (exact) mass is 191 g/mol. The summed E-state index contributed by atoms with van der Waals surface area (Å²) in [5.74, 6) is -10.6. The van der Waals surface area contributed by atoms with Gasteiger partial charge in [0, 0.05) is 0 Å². The lowest BCUT2D eigenvalue weighted by molar-refractivity contribution is -0.299. The van der Waals surface area contributed by atoms with Crippen LogP contribution in [0.15, 0.2) is 0 Å². The fourth-order valence-corrected chi connectivity index (χ4v) is 0.394. The predicted molar refractivity (Wildman–Crippen MR) is 25.9 cm³/mol. The summed E-state index contributed by atoms with van der Waals surface area (Å²) < 4.78 is 58.3. The van der Waals surface area contributed by atoms with Crippen molar-refractivity contribution < 1.29 is 31.9 Å². The number of carbonyl (C=O) groups is 1. The molecule has 0 saturated heterocycles. The maximum atomic E-state index is 12.0. The van der Waals surface area contributed by atoms with Crippen LogP contribution in [-0.2, 0) is 9.90 Å². The van der Waals surface area contributed by atoms with Crippen molar-refractivity contribution in [3.63, 3.8) is 0 Å². The summed E-state index contributed by atoms with van der Waals surface area (Å²) in [7, 11) is 0. The molecule has 0 N–H and O–H groups in total. The summed E-state index contributed by atoms with van der Waals surface area (Å²) in [5, 5.41) is 9.70. The number of alkyl halides is 5. The molecule has 7 heteroatoms. The van der Waals surface area contributed by atoms with Crippen LogP contribution >= 0.6 is 0 Å². The molecule has 0 aromatic carbocycles. The SMILES string of the molecule is CC(C([O])=O)C(F)(F)C(F)(F)F. The van der Waals surface area contributed by atoms with Crippen LogP contribution in [-0.4, -0.2) is 18.1 Å². The molecule has 0 aromatic rings. The quantitative estimate of drug-likeness (QED) is 0.613. The molecule has 0 heterocycles. The Morgan fingerprint density at radius 2 is 1.50 bits per heavy atom. The minimum Gasteiger partial charge on any atom is -0.247 e. The molecule has 0 aliphatic heterocycles. The number of carbonyl (C=O) groups excluding carboxylic acids is 1. The van der Waals surface area contributed by atoms with Crippen molar-refractivity contribution in [3.8, 4) is 0 Å². The summed E-state index contributed by atoms with van der Waals surface area (Å²) >= 11 is 0. The Hall–Kier alpha value is -0.880. The van der Waals surface area contributed by atoms with Gasteiger partial charge in [0.25, 0.3) is 0 Å². The van der Waals surface area contributed by atoms with Gasteiger partial charge in [-0.15, -0.1) is 0 Å². The number of rotatable bonds is 2. The number of halogens is 5. The third kappa shape index (κ3) is 1.83. The van der Waals surface area contributed by atoms with Crippen molar-refractivity contribution in [1.29, 1.82) is 0 Å². The first-order valence-electron chi connectivity index (χ1n) is 2.76. The van der Waals surface area contributed by atoms with Gasteiger partial charge in [-0.25, -0.2) is 9.90 Å². The Balaban J connectivity index is 4.73. The van der Waals surface area contributed by atoms with Crippen LogP contribution in [0, 0.1) is 5.92 Å². The molecule has 12 heavy (non-hydrogen) atoms. The van der Waals surface area contributed by atoms with Crippen molar-refractivity contribution in [2.75, 3.05) is 0 Å². The van der Waals surface area contributed by atoms with Gasteiger partial charge in [-0.05, 0) is 6.92 Å². The number of hydrogen-bond acceptors (Lipinski definition) is 1. The smallest absolute Gasteiger partial charge is 0.247 e. The van der Waals surface area contributed by atoms with E-state index in [1.807, 2.05) is 0 Å². The first kappa shape index (κ1) is 11.1. The zero-order chi connectivity index (χ0) is 10.2. The lowest BCUT2D eigenvalue weighted by Gasteiger charge is -2.21. The summed E-state index contributed by atoms with van der Waals surface area (Å²) in [6.07, 6.45) is -5.85. The molecule has 0 rings (SSSR count). The van der Waals surface area contributed by atoms with Crippen LogP contribution in [0.25, 0.3) is 0 Å². The van der Waals surface area contributed by atoms with Gasteiger partial charge in [0.15, 0.2) is 0 Å². The average Bonchev–Trinajstić information content (AvgIpc) is 1.83. The van der Waals surface area contributed by atoms with Gasteiger partial charge < -0.3 is 0 Å². The van der Waals surface area contributed by atoms with E-state index in [0.717, 1.165) is 0 Å². The van der Waals surface area contributed by atoms with Crippen LogP contribution in [0.2, 0.25) is 0 Å². The van der Waals surface area contributed by atoms with Crippen LogP contribution in [0.1, 0.15) is 6.92 Å². The minimum atomic E-state index is -5.85. The molecule has 1 unspecified atom stereocenters. The summed E-state index contributed by atoms with van der Waals surface area (Å²) in [6.45, 7) is 0.239. The van der Waals surface area contributed by atoms with E-state index in [9.17, 15) is 31.9 Å². The van der Waals surface area contributed by atoms with Crippen LogP contribution in [0.4, 0.5) is 22.0 Å². The molecule has 0 aliphatic rings. The molecule has 0 spiro atoms. The Labute approximate surface area is 64.0 Å². The van der Waals surface area contributed by atoms with Crippen molar-refractivity contribution in [2.24, 2.45) is 5.92 Å². The fourth-order valence-electron chi connectivity index (χ4n) is 0.394. The average molecular weight is 191 g/mol. The predicted octanol–water partition coefficient (Wildman–Crippen LogP) is 1.78. The minimum absolute atomic E-state index is 0.239. The van der Waals surface area contributed by atoms with E-state index >= 15 is 0 Å². The topological polar surface area (TPSA) is 37.0 Å². The molecule has 0 amide bonds. The standard InChI is InChI=1S/C5H4F5O2/c1-2(3(11)12)4(6,7)5(8,9)10/h2H,1H3. The Bertz CT molecular complexity index is 185. The zero-order valence-electron chi connectivity index (χ0n) is 5.78. The summed E-state index contributed by atoms with van der Waals surface area (Å²) in [6, 6.07) is 0. The van der Waals surface area contributed by atoms with Gasteiger partial charge in [0.2, 0.25) is 0 Å². The maximum Gasteiger partial charge on any atom is 0.454 e. The van der Waals surface area contributed by atoms with E-state index in [1.165, 1.54) is 0 Å². The van der Waals surface area contributed by atoms with Crippen molar-refractivity contribution in [1.82, 2.24) is 0 Å². The Morgan fingerprint density at radius 1 is 1.17 bits per heavy atom. The van der Waals surface area contributed by atoms with E-state index in [-0.39, 0.29) is 6.92 Å². The Kier molecular flexibility index (Phi) is 2.66. The van der Waals surface area contributed by atoms with Crippen LogP contribution in [0.3, 0.4) is 0 Å². The first-order chi connectivity index (χ1) is 5.10. The highest BCUT2D eigenvalue weighted by molar-refractivity contribution is 5.70. The van der Waals surface area contributed by atoms with Crippen molar-refractivity contribution >= 4 is 5.97 Å². The second-order valence-electron chi connectivity index (χ2n) is 2.16. The van der Waals surface area contributed by atoms with Crippen LogP contribution < -0.4 is 0 Å². The third-order valence-electron chi connectivity index (χ3n) is 1.28. The van der Waals surface area contributed by atoms with E-state index in [4.69, 9.17) is 0 Å². The van der Waals surface area contributed by atoms with E-state index < -0.39 is 24.0 Å². The van der Waals surface area contributed by atoms with Gasteiger partial charge in [0.1, 0.15) is 5.92 Å². The van der Waals surface area contributed by atoms with E-state index in [2.05, 4.69) is 0 Å². The highest BCUT2D eigenvalue weighted by Gasteiger charge is 2.63. The molecule has 2 nitrogen and oxygen atoms in total. The molecule has 0 saturated carbocycles. The molecule has 0 aliphatic carbocycles. The highest BCUT2D eigenvalue weighted by atomic mass is 19.4. The summed E-state index contributed by atoms with van der Waals surface area (Å²) in [4.78, 5) is 9.70. The van der Waals surface area contributed by atoms with Crippen molar-refractivity contribution in [2.45, 2.75) is 19.0 Å². The van der Waals surface area contributed by atoms with E-state index in [0.29, 0.717) is 0 Å². The first-order valence-corrected chi connectivity index (χ1v) is 2.76. The highest BCUT2D eigenvalue weighted by Crippen LogP contribution is 2.41. The van der Waals surface area contributed by atoms with Gasteiger partial charge >= 0.3 is 18.1 Å². The zero-order valence-corrected chi connectivity index (χ0v) is 5.78. The van der Waals surface area contributed by atoms with Crippen molar-refractivity contribution in [3.05, 3.63) is 0 Å². The second-order valence-corrected chi connectivity index (χ2v) is 2.16. The molecule has 0 fully saturated rings. The Morgan fingerprint density at radius 3 is 1.58 bits per heavy atom. The second kappa shape index (κ2) is 2.87. The number of hydrogen-bond donors (Lipinski definition) is 0. The van der Waals surface area contributed by atoms with Gasteiger partial charge in [-0.2, -0.15) is 22.0 Å². The molecule has 0 bridgehead atoms. The van der Waals surface area contributed by atoms with Crippen LogP contribution in [0.5, 0.6) is 0 Å². The fraction of sp³-hybridized carbons (Fsp3) is 0.800. The maximum absolute atomic E-state index is 12.0. The molecular weight excluding hydrogens is 187 g/mol. The normalized spacial score (nSPS) is 15.8. The van der Waals surface area contributed by atoms with Gasteiger partial charge in [0.05, 0.1) is 0 Å². The summed E-state index contributed by atoms with van der Waals surface area (Å²) in [5.41, 5.74) is 0. The molecule has 71 valence electrons. The lowest BCUT2D eigenvalue weighted by atomic mass is 10.0. The lowest BCUT2D eigenvalue weighted by Crippen LogP contribution is -2.45.